The number of carbonyl (C=O) groups excluding carboxylic acids is 1. The first-order valence-corrected chi connectivity index (χ1v) is 7.92. The lowest BCUT2D eigenvalue weighted by Gasteiger charge is -2.02. The average Bonchev–Trinajstić information content (AvgIpc) is 3.06. The number of H-pyrrole nitrogens is 1. The third kappa shape index (κ3) is 3.98. The average molecular weight is 337 g/mol. The minimum atomic E-state index is -0.308. The summed E-state index contributed by atoms with van der Waals surface area (Å²) in [4.78, 5) is 15.2. The number of hydrazone groups is 1. The Kier molecular flexibility index (Phi) is 4.99. The number of hydrogen-bond acceptors (Lipinski definition) is 4. The number of ether oxygens (including phenoxy) is 2. The second-order valence-corrected chi connectivity index (χ2v) is 5.34. The van der Waals surface area contributed by atoms with Gasteiger partial charge in [0, 0.05) is 10.9 Å². The van der Waals surface area contributed by atoms with Crippen LogP contribution in [0.3, 0.4) is 0 Å². The van der Waals surface area contributed by atoms with Crippen molar-refractivity contribution in [1.82, 2.24) is 10.4 Å². The first kappa shape index (κ1) is 16.6. The molecular formula is C19H19N3O3. The standard InChI is InChI=1S/C19H19N3O3/c1-3-25-15-6-4-13(5-7-15)12-20-22-19(23)18-11-14-10-16(24-2)8-9-17(14)21-18/h4-12,21H,3H2,1-2H3,(H,22,23)/b20-12+. The number of aromatic amines is 1. The van der Waals surface area contributed by atoms with Crippen molar-refractivity contribution in [2.75, 3.05) is 13.7 Å². The van der Waals surface area contributed by atoms with E-state index >= 15 is 0 Å². The zero-order chi connectivity index (χ0) is 17.6. The van der Waals surface area contributed by atoms with Gasteiger partial charge in [-0.25, -0.2) is 5.43 Å². The summed E-state index contributed by atoms with van der Waals surface area (Å²) < 4.78 is 10.6. The normalized spacial score (nSPS) is 11.0. The molecule has 0 bridgehead atoms. The minimum Gasteiger partial charge on any atom is -0.497 e. The van der Waals surface area contributed by atoms with Gasteiger partial charge in [-0.15, -0.1) is 0 Å². The molecule has 6 heteroatoms. The van der Waals surface area contributed by atoms with Crippen LogP contribution >= 0.6 is 0 Å². The Morgan fingerprint density at radius 1 is 1.16 bits per heavy atom. The Balaban J connectivity index is 1.65. The Bertz CT molecular complexity index is 898. The molecule has 0 aliphatic rings. The Morgan fingerprint density at radius 3 is 2.64 bits per heavy atom. The number of nitrogens with zero attached hydrogens (tertiary/aromatic N) is 1. The van der Waals surface area contributed by atoms with Crippen molar-refractivity contribution in [3.63, 3.8) is 0 Å². The highest BCUT2D eigenvalue weighted by Crippen LogP contribution is 2.21. The summed E-state index contributed by atoms with van der Waals surface area (Å²) in [6.07, 6.45) is 1.58. The van der Waals surface area contributed by atoms with Gasteiger partial charge in [-0.1, -0.05) is 0 Å². The first-order chi connectivity index (χ1) is 12.2. The van der Waals surface area contributed by atoms with Crippen LogP contribution in [0.2, 0.25) is 0 Å². The van der Waals surface area contributed by atoms with E-state index in [1.807, 2.05) is 49.4 Å². The van der Waals surface area contributed by atoms with Gasteiger partial charge in [-0.3, -0.25) is 4.79 Å². The summed E-state index contributed by atoms with van der Waals surface area (Å²) in [6, 6.07) is 14.8. The Morgan fingerprint density at radius 2 is 1.92 bits per heavy atom. The third-order valence-corrected chi connectivity index (χ3v) is 3.64. The molecule has 0 spiro atoms. The number of hydrogen-bond donors (Lipinski definition) is 2. The highest BCUT2D eigenvalue weighted by atomic mass is 16.5. The van der Waals surface area contributed by atoms with Crippen molar-refractivity contribution < 1.29 is 14.3 Å². The Hall–Kier alpha value is -3.28. The molecule has 0 fully saturated rings. The fourth-order valence-electron chi connectivity index (χ4n) is 2.40. The van der Waals surface area contributed by atoms with Crippen molar-refractivity contribution in [2.45, 2.75) is 6.92 Å². The first-order valence-electron chi connectivity index (χ1n) is 7.92. The molecule has 0 saturated carbocycles. The topological polar surface area (TPSA) is 75.7 Å². The zero-order valence-electron chi connectivity index (χ0n) is 14.1. The van der Waals surface area contributed by atoms with Crippen molar-refractivity contribution in [1.29, 1.82) is 0 Å². The highest BCUT2D eigenvalue weighted by molar-refractivity contribution is 5.98. The van der Waals surface area contributed by atoms with E-state index in [0.29, 0.717) is 12.3 Å². The van der Waals surface area contributed by atoms with E-state index in [-0.39, 0.29) is 5.91 Å². The summed E-state index contributed by atoms with van der Waals surface area (Å²) in [7, 11) is 1.61. The highest BCUT2D eigenvalue weighted by Gasteiger charge is 2.09. The molecule has 3 rings (SSSR count). The summed E-state index contributed by atoms with van der Waals surface area (Å²) in [5.41, 5.74) is 4.68. The lowest BCUT2D eigenvalue weighted by atomic mass is 10.2. The van der Waals surface area contributed by atoms with E-state index in [0.717, 1.165) is 28.0 Å². The number of fused-ring (bicyclic) bond motifs is 1. The summed E-state index contributed by atoms with van der Waals surface area (Å²) >= 11 is 0. The number of amides is 1. The number of methoxy groups -OCH3 is 1. The molecular weight excluding hydrogens is 318 g/mol. The van der Waals surface area contributed by atoms with Gasteiger partial charge >= 0.3 is 0 Å². The van der Waals surface area contributed by atoms with Crippen LogP contribution in [0.1, 0.15) is 23.0 Å². The fourth-order valence-corrected chi connectivity index (χ4v) is 2.40. The van der Waals surface area contributed by atoms with Gasteiger partial charge in [0.05, 0.1) is 19.9 Å². The van der Waals surface area contributed by atoms with Crippen molar-refractivity contribution in [3.8, 4) is 11.5 Å². The van der Waals surface area contributed by atoms with Crippen molar-refractivity contribution in [3.05, 3.63) is 59.8 Å². The number of nitrogens with one attached hydrogen (secondary N) is 2. The molecule has 0 aliphatic carbocycles. The van der Waals surface area contributed by atoms with Gasteiger partial charge in [0.1, 0.15) is 17.2 Å². The lowest BCUT2D eigenvalue weighted by Crippen LogP contribution is -2.17. The minimum absolute atomic E-state index is 0.308. The molecule has 0 saturated heterocycles. The molecule has 2 N–H and O–H groups in total. The van der Waals surface area contributed by atoms with Gasteiger partial charge in [0.15, 0.2) is 0 Å². The maximum absolute atomic E-state index is 12.2. The van der Waals surface area contributed by atoms with E-state index in [9.17, 15) is 4.79 Å². The van der Waals surface area contributed by atoms with Gasteiger partial charge in [-0.2, -0.15) is 5.10 Å². The maximum Gasteiger partial charge on any atom is 0.287 e. The van der Waals surface area contributed by atoms with Gasteiger partial charge in [0.25, 0.3) is 5.91 Å². The molecule has 1 aromatic heterocycles. The largest absolute Gasteiger partial charge is 0.497 e. The van der Waals surface area contributed by atoms with Gasteiger partial charge in [-0.05, 0) is 61.0 Å². The van der Waals surface area contributed by atoms with E-state index < -0.39 is 0 Å². The van der Waals surface area contributed by atoms with Crippen LogP contribution in [-0.4, -0.2) is 30.8 Å². The zero-order valence-corrected chi connectivity index (χ0v) is 14.1. The molecule has 6 nitrogen and oxygen atoms in total. The van der Waals surface area contributed by atoms with Crippen LogP contribution in [0.25, 0.3) is 10.9 Å². The molecule has 2 aromatic carbocycles. The predicted octanol–water partition coefficient (Wildman–Crippen LogP) is 3.34. The van der Waals surface area contributed by atoms with E-state index in [4.69, 9.17) is 9.47 Å². The predicted molar refractivity (Wildman–Crippen MR) is 97.5 cm³/mol. The number of rotatable bonds is 6. The van der Waals surface area contributed by atoms with Crippen LogP contribution in [0, 0.1) is 0 Å². The summed E-state index contributed by atoms with van der Waals surface area (Å²) in [5.74, 6) is 1.24. The van der Waals surface area contributed by atoms with Crippen LogP contribution in [-0.2, 0) is 0 Å². The van der Waals surface area contributed by atoms with Crippen molar-refractivity contribution >= 4 is 23.0 Å². The molecule has 128 valence electrons. The molecule has 0 aliphatic heterocycles. The molecule has 3 aromatic rings. The second-order valence-electron chi connectivity index (χ2n) is 5.34. The van der Waals surface area contributed by atoms with Crippen molar-refractivity contribution in [2.24, 2.45) is 5.10 Å². The molecule has 1 amide bonds. The molecule has 25 heavy (non-hydrogen) atoms. The molecule has 1 heterocycles. The monoisotopic (exact) mass is 337 g/mol. The number of benzene rings is 2. The van der Waals surface area contributed by atoms with Crippen LogP contribution in [0.5, 0.6) is 11.5 Å². The summed E-state index contributed by atoms with van der Waals surface area (Å²) in [5, 5.41) is 4.89. The number of carbonyl (C=O) groups is 1. The maximum atomic E-state index is 12.2. The van der Waals surface area contributed by atoms with Crippen LogP contribution in [0.15, 0.2) is 53.6 Å². The quantitative estimate of drug-likeness (QED) is 0.535. The van der Waals surface area contributed by atoms with Crippen LogP contribution < -0.4 is 14.9 Å². The van der Waals surface area contributed by atoms with Gasteiger partial charge < -0.3 is 14.5 Å². The smallest absolute Gasteiger partial charge is 0.287 e. The van der Waals surface area contributed by atoms with Crippen LogP contribution in [0.4, 0.5) is 0 Å². The molecule has 0 unspecified atom stereocenters. The molecule has 0 radical (unpaired) electrons. The van der Waals surface area contributed by atoms with E-state index in [1.54, 1.807) is 19.4 Å². The molecule has 0 atom stereocenters. The van der Waals surface area contributed by atoms with Gasteiger partial charge in [0.2, 0.25) is 0 Å². The second kappa shape index (κ2) is 7.53. The van der Waals surface area contributed by atoms with E-state index in [2.05, 4.69) is 15.5 Å². The summed E-state index contributed by atoms with van der Waals surface area (Å²) in [6.45, 7) is 2.56. The SMILES string of the molecule is CCOc1ccc(/C=N/NC(=O)c2cc3cc(OC)ccc3[nH]2)cc1. The lowest BCUT2D eigenvalue weighted by molar-refractivity contribution is 0.0951. The van der Waals surface area contributed by atoms with E-state index in [1.165, 1.54) is 0 Å². The fraction of sp³-hybridized carbons (Fsp3) is 0.158. The number of aromatic nitrogens is 1. The third-order valence-electron chi connectivity index (χ3n) is 3.64. The Labute approximate surface area is 145 Å².